The average molecular weight is 312 g/mol. The Morgan fingerprint density at radius 2 is 2.45 bits per heavy atom. The lowest BCUT2D eigenvalue weighted by atomic mass is 10.1. The smallest absolute Gasteiger partial charge is 0.0991 e. The molecule has 0 saturated heterocycles. The van der Waals surface area contributed by atoms with Gasteiger partial charge in [0.15, 0.2) is 0 Å². The zero-order valence-corrected chi connectivity index (χ0v) is 13.3. The van der Waals surface area contributed by atoms with Crippen LogP contribution in [0.3, 0.4) is 0 Å². The van der Waals surface area contributed by atoms with Crippen LogP contribution in [0.5, 0.6) is 0 Å². The van der Waals surface area contributed by atoms with E-state index in [1.807, 2.05) is 29.7 Å². The number of nitriles is 1. The molecule has 1 aromatic rings. The number of nitrogens with one attached hydrogen (secondary N) is 1. The van der Waals surface area contributed by atoms with Gasteiger partial charge in [0.1, 0.15) is 0 Å². The molecule has 0 unspecified atom stereocenters. The molecule has 1 heterocycles. The Hall–Kier alpha value is -2.03. The Balaban J connectivity index is 1.84. The fourth-order valence-electron chi connectivity index (χ4n) is 2.04. The third-order valence-corrected chi connectivity index (χ3v) is 4.17. The lowest BCUT2D eigenvalue weighted by Gasteiger charge is -2.18. The van der Waals surface area contributed by atoms with Gasteiger partial charge in [-0.3, -0.25) is 4.99 Å². The first-order chi connectivity index (χ1) is 10.7. The SMILES string of the molecule is C=C(S/C=C/c1cccc(C#N)c1)[C@@H](N)CC1=NCCCN1. The quantitative estimate of drug-likeness (QED) is 0.847. The van der Waals surface area contributed by atoms with Gasteiger partial charge in [-0.1, -0.05) is 18.7 Å². The molecule has 0 spiro atoms. The Morgan fingerprint density at radius 1 is 1.59 bits per heavy atom. The first-order valence-corrected chi connectivity index (χ1v) is 8.12. The highest BCUT2D eigenvalue weighted by molar-refractivity contribution is 8.06. The maximum Gasteiger partial charge on any atom is 0.0991 e. The molecule has 0 amide bonds. The van der Waals surface area contributed by atoms with Crippen molar-refractivity contribution in [3.05, 3.63) is 52.3 Å². The average Bonchev–Trinajstić information content (AvgIpc) is 2.56. The van der Waals surface area contributed by atoms with Crippen LogP contribution >= 0.6 is 11.8 Å². The number of nitrogens with zero attached hydrogens (tertiary/aromatic N) is 2. The van der Waals surface area contributed by atoms with Crippen LogP contribution in [-0.4, -0.2) is 25.0 Å². The molecule has 0 saturated carbocycles. The molecule has 22 heavy (non-hydrogen) atoms. The zero-order chi connectivity index (χ0) is 15.8. The first kappa shape index (κ1) is 16.3. The lowest BCUT2D eigenvalue weighted by Crippen LogP contribution is -2.35. The Bertz CT molecular complexity index is 628. The number of thioether (sulfide) groups is 1. The van der Waals surface area contributed by atoms with E-state index in [9.17, 15) is 0 Å². The summed E-state index contributed by atoms with van der Waals surface area (Å²) < 4.78 is 0. The van der Waals surface area contributed by atoms with E-state index in [4.69, 9.17) is 11.0 Å². The third-order valence-electron chi connectivity index (χ3n) is 3.29. The summed E-state index contributed by atoms with van der Waals surface area (Å²) in [4.78, 5) is 5.33. The Kier molecular flexibility index (Phi) is 6.26. The summed E-state index contributed by atoms with van der Waals surface area (Å²) in [6.45, 7) is 5.89. The van der Waals surface area contributed by atoms with E-state index < -0.39 is 0 Å². The molecule has 5 heteroatoms. The molecule has 114 valence electrons. The van der Waals surface area contributed by atoms with E-state index in [1.165, 1.54) is 11.8 Å². The van der Waals surface area contributed by atoms with Gasteiger partial charge in [-0.05, 0) is 40.5 Å². The molecule has 1 aromatic carbocycles. The summed E-state index contributed by atoms with van der Waals surface area (Å²) in [6.07, 6.45) is 3.74. The number of amidine groups is 1. The minimum absolute atomic E-state index is 0.121. The Labute approximate surface area is 135 Å². The normalized spacial score (nSPS) is 15.7. The van der Waals surface area contributed by atoms with Gasteiger partial charge in [0.25, 0.3) is 0 Å². The number of hydrogen-bond donors (Lipinski definition) is 2. The molecule has 0 fully saturated rings. The van der Waals surface area contributed by atoms with Crippen molar-refractivity contribution in [2.75, 3.05) is 13.1 Å². The molecule has 1 aliphatic rings. The van der Waals surface area contributed by atoms with Crippen LogP contribution in [0.15, 0.2) is 46.1 Å². The van der Waals surface area contributed by atoms with Gasteiger partial charge >= 0.3 is 0 Å². The van der Waals surface area contributed by atoms with Crippen molar-refractivity contribution in [3.8, 4) is 6.07 Å². The number of benzene rings is 1. The van der Waals surface area contributed by atoms with Crippen molar-refractivity contribution in [1.29, 1.82) is 5.26 Å². The topological polar surface area (TPSA) is 74.2 Å². The lowest BCUT2D eigenvalue weighted by molar-refractivity contribution is 0.707. The second kappa shape index (κ2) is 8.42. The van der Waals surface area contributed by atoms with E-state index in [0.29, 0.717) is 12.0 Å². The van der Waals surface area contributed by atoms with E-state index in [1.54, 1.807) is 6.07 Å². The van der Waals surface area contributed by atoms with Gasteiger partial charge in [-0.25, -0.2) is 0 Å². The van der Waals surface area contributed by atoms with Gasteiger partial charge in [0.05, 0.1) is 17.5 Å². The van der Waals surface area contributed by atoms with Gasteiger partial charge < -0.3 is 11.1 Å². The molecule has 0 aromatic heterocycles. The molecular weight excluding hydrogens is 292 g/mol. The third kappa shape index (κ3) is 5.06. The predicted molar refractivity (Wildman–Crippen MR) is 94.4 cm³/mol. The predicted octanol–water partition coefficient (Wildman–Crippen LogP) is 2.89. The minimum Gasteiger partial charge on any atom is -0.374 e. The fraction of sp³-hybridized carbons (Fsp3) is 0.294. The molecule has 1 aliphatic heterocycles. The Morgan fingerprint density at radius 3 is 3.18 bits per heavy atom. The van der Waals surface area contributed by atoms with E-state index in [2.05, 4.69) is 23.0 Å². The fourth-order valence-corrected chi connectivity index (χ4v) is 2.70. The number of nitrogens with two attached hydrogens (primary N) is 1. The maximum absolute atomic E-state index is 8.88. The highest BCUT2D eigenvalue weighted by atomic mass is 32.2. The van der Waals surface area contributed by atoms with E-state index >= 15 is 0 Å². The zero-order valence-electron chi connectivity index (χ0n) is 12.5. The van der Waals surface area contributed by atoms with Gasteiger partial charge in [0.2, 0.25) is 0 Å². The van der Waals surface area contributed by atoms with Crippen molar-refractivity contribution in [3.63, 3.8) is 0 Å². The number of rotatable bonds is 6. The summed E-state index contributed by atoms with van der Waals surface area (Å²) in [5.74, 6) is 0.978. The summed E-state index contributed by atoms with van der Waals surface area (Å²) in [5, 5.41) is 14.1. The number of hydrogen-bond acceptors (Lipinski definition) is 5. The molecule has 0 bridgehead atoms. The summed E-state index contributed by atoms with van der Waals surface area (Å²) in [7, 11) is 0. The molecule has 1 atom stereocenters. The molecule has 0 aliphatic carbocycles. The van der Waals surface area contributed by atoms with Gasteiger partial charge in [0, 0.05) is 25.6 Å². The number of aliphatic imine (C=N–C) groups is 1. The largest absolute Gasteiger partial charge is 0.374 e. The molecular formula is C17H20N4S. The first-order valence-electron chi connectivity index (χ1n) is 7.24. The van der Waals surface area contributed by atoms with Crippen LogP contribution < -0.4 is 11.1 Å². The molecule has 4 nitrogen and oxygen atoms in total. The van der Waals surface area contributed by atoms with Crippen LogP contribution in [0.4, 0.5) is 0 Å². The monoisotopic (exact) mass is 312 g/mol. The second-order valence-electron chi connectivity index (χ2n) is 5.04. The van der Waals surface area contributed by atoms with Crippen LogP contribution in [0.2, 0.25) is 0 Å². The van der Waals surface area contributed by atoms with Crippen LogP contribution in [0.1, 0.15) is 24.0 Å². The molecule has 0 radical (unpaired) electrons. The van der Waals surface area contributed by atoms with Crippen molar-refractivity contribution in [1.82, 2.24) is 5.32 Å². The second-order valence-corrected chi connectivity index (χ2v) is 6.08. The van der Waals surface area contributed by atoms with Crippen LogP contribution in [-0.2, 0) is 0 Å². The molecule has 2 rings (SSSR count). The minimum atomic E-state index is -0.121. The summed E-state index contributed by atoms with van der Waals surface area (Å²) in [5.41, 5.74) is 7.80. The van der Waals surface area contributed by atoms with Crippen LogP contribution in [0, 0.1) is 11.3 Å². The van der Waals surface area contributed by atoms with Gasteiger partial charge in [-0.2, -0.15) is 5.26 Å². The summed E-state index contributed by atoms with van der Waals surface area (Å²) >= 11 is 1.52. The summed E-state index contributed by atoms with van der Waals surface area (Å²) in [6, 6.07) is 9.48. The maximum atomic E-state index is 8.88. The highest BCUT2D eigenvalue weighted by Gasteiger charge is 2.12. The highest BCUT2D eigenvalue weighted by Crippen LogP contribution is 2.21. The van der Waals surface area contributed by atoms with Crippen molar-refractivity contribution >= 4 is 23.7 Å². The standard InChI is InChI=1S/C17H20N4S/c1-13(16(19)11-17-20-7-3-8-21-17)22-9-6-14-4-2-5-15(10-14)12-18/h2,4-6,9-10,16H,1,3,7-8,11,19H2,(H,20,21)/b9-6+/t16-/m0/s1. The van der Waals surface area contributed by atoms with E-state index in [-0.39, 0.29) is 6.04 Å². The van der Waals surface area contributed by atoms with E-state index in [0.717, 1.165) is 35.8 Å². The van der Waals surface area contributed by atoms with Gasteiger partial charge in [-0.15, -0.1) is 11.8 Å². The van der Waals surface area contributed by atoms with Crippen molar-refractivity contribution in [2.45, 2.75) is 18.9 Å². The van der Waals surface area contributed by atoms with Crippen LogP contribution in [0.25, 0.3) is 6.08 Å². The van der Waals surface area contributed by atoms with Crippen molar-refractivity contribution in [2.24, 2.45) is 10.7 Å². The van der Waals surface area contributed by atoms with Crippen molar-refractivity contribution < 1.29 is 0 Å². The molecule has 3 N–H and O–H groups in total.